The molecule has 2 N–H and O–H groups in total. The van der Waals surface area contributed by atoms with Gasteiger partial charge in [-0.15, -0.1) is 0 Å². The van der Waals surface area contributed by atoms with E-state index >= 15 is 0 Å². The van der Waals surface area contributed by atoms with Crippen LogP contribution in [-0.2, 0) is 16.0 Å². The number of carbonyl (C=O) groups excluding carboxylic acids is 2. The average molecular weight is 252 g/mol. The van der Waals surface area contributed by atoms with Gasteiger partial charge in [0.1, 0.15) is 0 Å². The lowest BCUT2D eigenvalue weighted by Gasteiger charge is -1.98. The van der Waals surface area contributed by atoms with Gasteiger partial charge in [-0.3, -0.25) is 0 Å². The van der Waals surface area contributed by atoms with Crippen LogP contribution >= 0.6 is 0 Å². The van der Waals surface area contributed by atoms with Crippen LogP contribution in [0.1, 0.15) is 11.1 Å². The molecule has 2 aromatic carbocycles. The van der Waals surface area contributed by atoms with Gasteiger partial charge in [0.2, 0.25) is 12.2 Å². The standard InChI is InChI=1S/C13H10.2CHNO/c1-5-12-6-2-10(1)9-11-3-7-13(12)8-4-11;2*2-1-3/h1-8H,9H2;2*2H. The van der Waals surface area contributed by atoms with E-state index in [-0.39, 0.29) is 0 Å². The third-order valence-electron chi connectivity index (χ3n) is 2.65. The second kappa shape index (κ2) is 7.51. The van der Waals surface area contributed by atoms with Crippen molar-refractivity contribution in [3.63, 3.8) is 0 Å². The number of rotatable bonds is 0. The maximum atomic E-state index is 8.35. The predicted molar refractivity (Wildman–Crippen MR) is 71.5 cm³/mol. The third-order valence-corrected chi connectivity index (χ3v) is 2.65. The largest absolute Gasteiger partial charge is 0.231 e. The highest BCUT2D eigenvalue weighted by Gasteiger charge is 2.03. The Kier molecular flexibility index (Phi) is 5.64. The molecule has 0 aliphatic heterocycles. The van der Waals surface area contributed by atoms with Crippen LogP contribution in [0, 0.1) is 10.8 Å². The molecule has 0 spiro atoms. The van der Waals surface area contributed by atoms with E-state index in [0.717, 1.165) is 18.6 Å². The molecular formula is C15H12N2O2. The van der Waals surface area contributed by atoms with E-state index in [0.29, 0.717) is 0 Å². The van der Waals surface area contributed by atoms with Crippen LogP contribution in [0.5, 0.6) is 0 Å². The molecule has 0 saturated carbocycles. The Morgan fingerprint density at radius 3 is 1.21 bits per heavy atom. The Labute approximate surface area is 110 Å². The molecule has 4 nitrogen and oxygen atoms in total. The summed E-state index contributed by atoms with van der Waals surface area (Å²) in [7, 11) is 0. The van der Waals surface area contributed by atoms with Crippen molar-refractivity contribution in [2.24, 2.45) is 0 Å². The van der Waals surface area contributed by atoms with Gasteiger partial charge in [0, 0.05) is 0 Å². The van der Waals surface area contributed by atoms with Gasteiger partial charge in [0.15, 0.2) is 0 Å². The second-order valence-corrected chi connectivity index (χ2v) is 3.77. The molecule has 0 heterocycles. The van der Waals surface area contributed by atoms with Crippen LogP contribution in [0.25, 0.3) is 11.1 Å². The molecular weight excluding hydrogens is 240 g/mol. The van der Waals surface area contributed by atoms with Crippen molar-refractivity contribution in [3.05, 3.63) is 59.7 Å². The summed E-state index contributed by atoms with van der Waals surface area (Å²) in [6.45, 7) is 0. The summed E-state index contributed by atoms with van der Waals surface area (Å²) in [6.07, 6.45) is 2.56. The van der Waals surface area contributed by atoms with Gasteiger partial charge < -0.3 is 0 Å². The summed E-state index contributed by atoms with van der Waals surface area (Å²) in [6, 6.07) is 17.7. The normalized spacial score (nSPS) is 9.26. The fourth-order valence-electron chi connectivity index (χ4n) is 1.87. The second-order valence-electron chi connectivity index (χ2n) is 3.77. The van der Waals surface area contributed by atoms with Gasteiger partial charge in [-0.2, -0.15) is 0 Å². The number of isocyanates is 2. The van der Waals surface area contributed by atoms with E-state index in [9.17, 15) is 0 Å². The average Bonchev–Trinajstić information content (AvgIpc) is 2.62. The van der Waals surface area contributed by atoms with E-state index in [1.807, 2.05) is 0 Å². The minimum absolute atomic E-state index is 0.750. The lowest BCUT2D eigenvalue weighted by Crippen LogP contribution is -1.83. The van der Waals surface area contributed by atoms with Gasteiger partial charge in [0.25, 0.3) is 0 Å². The molecule has 6 rings (SSSR count). The van der Waals surface area contributed by atoms with E-state index in [1.54, 1.807) is 0 Å². The van der Waals surface area contributed by atoms with E-state index in [1.165, 1.54) is 22.3 Å². The maximum absolute atomic E-state index is 8.35. The van der Waals surface area contributed by atoms with Crippen LogP contribution in [0.4, 0.5) is 0 Å². The molecule has 0 atom stereocenters. The van der Waals surface area contributed by atoms with Gasteiger partial charge in [-0.1, -0.05) is 48.5 Å². The Morgan fingerprint density at radius 2 is 0.947 bits per heavy atom. The highest BCUT2D eigenvalue weighted by atomic mass is 16.1. The van der Waals surface area contributed by atoms with Crippen LogP contribution in [0.15, 0.2) is 48.5 Å². The molecule has 0 radical (unpaired) electrons. The highest BCUT2D eigenvalue weighted by molar-refractivity contribution is 5.65. The van der Waals surface area contributed by atoms with Crippen LogP contribution in [0.2, 0.25) is 0 Å². The van der Waals surface area contributed by atoms with Crippen molar-refractivity contribution < 1.29 is 9.59 Å². The topological polar surface area (TPSA) is 81.8 Å². The molecule has 4 heteroatoms. The fraction of sp³-hybridized carbons (Fsp3) is 0.0667. The Morgan fingerprint density at radius 1 is 0.684 bits per heavy atom. The van der Waals surface area contributed by atoms with Gasteiger partial charge in [-0.05, 0) is 28.7 Å². The molecule has 0 unspecified atom stereocenters. The monoisotopic (exact) mass is 252 g/mol. The number of hydrogen-bond donors (Lipinski definition) is 2. The van der Waals surface area contributed by atoms with Gasteiger partial charge >= 0.3 is 0 Å². The molecule has 0 aromatic heterocycles. The molecule has 4 aliphatic rings. The fourth-order valence-corrected chi connectivity index (χ4v) is 1.87. The zero-order valence-corrected chi connectivity index (χ0v) is 10.1. The summed E-state index contributed by atoms with van der Waals surface area (Å²) in [5.74, 6) is 0. The Bertz CT molecular complexity index is 534. The van der Waals surface area contributed by atoms with Crippen LogP contribution in [0.3, 0.4) is 0 Å². The summed E-state index contributed by atoms with van der Waals surface area (Å²) < 4.78 is 0. The lowest BCUT2D eigenvalue weighted by molar-refractivity contribution is 0.562. The van der Waals surface area contributed by atoms with E-state index in [4.69, 9.17) is 20.4 Å². The van der Waals surface area contributed by atoms with Crippen molar-refractivity contribution in [1.29, 1.82) is 10.8 Å². The maximum Gasteiger partial charge on any atom is 0.231 e. The van der Waals surface area contributed by atoms with Gasteiger partial charge in [-0.25, -0.2) is 20.4 Å². The molecule has 4 bridgehead atoms. The SMILES string of the molecule is N=C=O.N=C=O.c1cc2ccc1Cc1ccc-2cc1. The van der Waals surface area contributed by atoms with Crippen LogP contribution in [-0.4, -0.2) is 12.2 Å². The summed E-state index contributed by atoms with van der Waals surface area (Å²) in [5, 5.41) is 10.8. The molecule has 94 valence electrons. The zero-order chi connectivity index (χ0) is 14.1. The third kappa shape index (κ3) is 4.17. The molecule has 2 aromatic rings. The molecule has 0 amide bonds. The quantitative estimate of drug-likeness (QED) is 0.476. The highest BCUT2D eigenvalue weighted by Crippen LogP contribution is 2.24. The predicted octanol–water partition coefficient (Wildman–Crippen LogP) is 3.06. The number of benzene rings is 2. The first kappa shape index (κ1) is 14.3. The van der Waals surface area contributed by atoms with Crippen molar-refractivity contribution in [3.8, 4) is 11.1 Å². The van der Waals surface area contributed by atoms with E-state index in [2.05, 4.69) is 48.5 Å². The summed E-state index contributed by atoms with van der Waals surface area (Å²) in [5.41, 5.74) is 5.43. The van der Waals surface area contributed by atoms with Crippen LogP contribution < -0.4 is 0 Å². The lowest BCUT2D eigenvalue weighted by atomic mass is 10.1. The first-order chi connectivity index (χ1) is 9.24. The molecule has 0 fully saturated rings. The minimum atomic E-state index is 0.750. The van der Waals surface area contributed by atoms with E-state index < -0.39 is 0 Å². The van der Waals surface area contributed by atoms with Crippen molar-refractivity contribution in [2.75, 3.05) is 0 Å². The summed E-state index contributed by atoms with van der Waals surface area (Å²) >= 11 is 0. The molecule has 19 heavy (non-hydrogen) atoms. The number of hydrogen-bond acceptors (Lipinski definition) is 4. The Hall–Kier alpha value is -2.80. The van der Waals surface area contributed by atoms with Crippen molar-refractivity contribution >= 4 is 12.2 Å². The first-order valence-corrected chi connectivity index (χ1v) is 5.51. The van der Waals surface area contributed by atoms with Crippen molar-refractivity contribution in [1.82, 2.24) is 0 Å². The summed E-state index contributed by atoms with van der Waals surface area (Å²) in [4.78, 5) is 16.7. The first-order valence-electron chi connectivity index (χ1n) is 5.51. The number of nitrogens with one attached hydrogen (secondary N) is 2. The van der Waals surface area contributed by atoms with Gasteiger partial charge in [0.05, 0.1) is 0 Å². The zero-order valence-electron chi connectivity index (χ0n) is 10.1. The molecule has 0 saturated heterocycles. The smallest absolute Gasteiger partial charge is 0.222 e. The Balaban J connectivity index is 0.000000261. The minimum Gasteiger partial charge on any atom is -0.222 e. The van der Waals surface area contributed by atoms with Crippen molar-refractivity contribution in [2.45, 2.75) is 6.42 Å². The molecule has 4 aliphatic carbocycles.